The first-order valence-corrected chi connectivity index (χ1v) is 16.8. The molecule has 0 nitrogen and oxygen atoms in total. The summed E-state index contributed by atoms with van der Waals surface area (Å²) in [6.45, 7) is 0. The summed E-state index contributed by atoms with van der Waals surface area (Å²) in [6, 6.07) is 23.7. The predicted octanol–water partition coefficient (Wildman–Crippen LogP) is 8.57. The SMILES string of the molecule is F[PH+](F)c1ccccc1.F[PH+](F)c1ccccc1.F[PH+](F)c1ccccc1.[Br][Co][Br]. The third kappa shape index (κ3) is 15.7. The van der Waals surface area contributed by atoms with Gasteiger partial charge in [-0.05, 0) is 61.6 Å². The zero-order valence-electron chi connectivity index (χ0n) is 15.0. The summed E-state index contributed by atoms with van der Waals surface area (Å²) >= 11 is 7.12. The van der Waals surface area contributed by atoms with E-state index in [0.717, 1.165) is 11.1 Å². The van der Waals surface area contributed by atoms with Crippen LogP contribution in [0.4, 0.5) is 25.2 Å². The number of halogens is 8. The summed E-state index contributed by atoms with van der Waals surface area (Å²) in [5, 5.41) is 0.549. The van der Waals surface area contributed by atoms with Crippen molar-refractivity contribution in [3.63, 3.8) is 0 Å². The van der Waals surface area contributed by atoms with Crippen molar-refractivity contribution in [2.75, 3.05) is 0 Å². The van der Waals surface area contributed by atoms with Gasteiger partial charge in [-0.15, -0.1) is 0 Å². The van der Waals surface area contributed by atoms with Gasteiger partial charge in [-0.1, -0.05) is 54.6 Å². The monoisotopic (exact) mass is 658 g/mol. The fourth-order valence-electron chi connectivity index (χ4n) is 1.69. The predicted molar refractivity (Wildman–Crippen MR) is 128 cm³/mol. The minimum atomic E-state index is -3.21. The molecule has 0 heterocycles. The molecule has 0 fully saturated rings. The molecule has 12 heteroatoms. The first kappa shape index (κ1) is 30.0. The molecule has 0 N–H and O–H groups in total. The van der Waals surface area contributed by atoms with Gasteiger partial charge >= 0.3 is 65.1 Å². The zero-order valence-corrected chi connectivity index (χ0v) is 22.2. The van der Waals surface area contributed by atoms with Crippen LogP contribution in [0.2, 0.25) is 0 Å². The van der Waals surface area contributed by atoms with Crippen molar-refractivity contribution in [1.82, 2.24) is 0 Å². The normalized spacial score (nSPS) is 9.83. The second kappa shape index (κ2) is 19.7. The summed E-state index contributed by atoms with van der Waals surface area (Å²) in [5.74, 6) is 0. The maximum absolute atomic E-state index is 11.9. The number of rotatable bonds is 3. The minimum absolute atomic E-state index is 0.183. The first-order chi connectivity index (χ1) is 14.3. The van der Waals surface area contributed by atoms with Crippen molar-refractivity contribution in [3.05, 3.63) is 91.0 Å². The molecule has 167 valence electrons. The molecule has 0 atom stereocenters. The average molecular weight is 660 g/mol. The van der Waals surface area contributed by atoms with Gasteiger partial charge in [-0.3, -0.25) is 0 Å². The molecule has 3 aromatic rings. The summed E-state index contributed by atoms with van der Waals surface area (Å²) in [6.07, 6.45) is 0. The van der Waals surface area contributed by atoms with Crippen LogP contribution in [0, 0.1) is 0 Å². The molecule has 0 saturated carbocycles. The molecule has 0 spiro atoms. The molecule has 0 amide bonds. The van der Waals surface area contributed by atoms with E-state index in [4.69, 9.17) is 0 Å². The van der Waals surface area contributed by atoms with Gasteiger partial charge < -0.3 is 0 Å². The zero-order chi connectivity index (χ0) is 22.8. The molecular weight excluding hydrogens is 642 g/mol. The van der Waals surface area contributed by atoms with Crippen molar-refractivity contribution in [2.45, 2.75) is 0 Å². The van der Waals surface area contributed by atoms with Crippen LogP contribution in [0.3, 0.4) is 0 Å². The van der Waals surface area contributed by atoms with E-state index in [1.54, 1.807) is 54.6 Å². The molecule has 0 aliphatic heterocycles. The van der Waals surface area contributed by atoms with Crippen molar-refractivity contribution < 1.29 is 36.3 Å². The van der Waals surface area contributed by atoms with E-state index in [1.807, 2.05) is 0 Å². The Hall–Kier alpha value is -0.00351. The molecule has 0 bridgehead atoms. The van der Waals surface area contributed by atoms with Crippen LogP contribution in [0.25, 0.3) is 0 Å². The maximum atomic E-state index is 11.9. The van der Waals surface area contributed by atoms with Crippen LogP contribution in [-0.2, 0) is 11.1 Å². The summed E-state index contributed by atoms with van der Waals surface area (Å²) in [5.41, 5.74) is 0. The Balaban J connectivity index is 0.000000394. The fourth-order valence-corrected chi connectivity index (χ4v) is 3.03. The Morgan fingerprint density at radius 1 is 0.433 bits per heavy atom. The van der Waals surface area contributed by atoms with Crippen LogP contribution in [0.15, 0.2) is 91.0 Å². The molecule has 0 aliphatic rings. The van der Waals surface area contributed by atoms with Crippen molar-refractivity contribution in [2.24, 2.45) is 0 Å². The van der Waals surface area contributed by atoms with Crippen LogP contribution < -0.4 is 15.9 Å². The van der Waals surface area contributed by atoms with Gasteiger partial charge in [0.2, 0.25) is 0 Å². The fraction of sp³-hybridized carbons (Fsp3) is 0. The number of benzene rings is 3. The second-order valence-electron chi connectivity index (χ2n) is 4.93. The third-order valence-corrected chi connectivity index (χ3v) is 5.29. The number of hydrogen-bond acceptors (Lipinski definition) is 0. The van der Waals surface area contributed by atoms with Gasteiger partial charge in [-0.2, -0.15) is 0 Å². The molecule has 0 aliphatic carbocycles. The molecule has 0 radical (unpaired) electrons. The van der Waals surface area contributed by atoms with Gasteiger partial charge in [0.1, 0.15) is 0 Å². The Labute approximate surface area is 196 Å². The van der Waals surface area contributed by atoms with Crippen LogP contribution in [0.1, 0.15) is 0 Å². The Morgan fingerprint density at radius 3 is 0.700 bits per heavy atom. The molecule has 0 aromatic heterocycles. The van der Waals surface area contributed by atoms with Gasteiger partial charge in [0.25, 0.3) is 0 Å². The van der Waals surface area contributed by atoms with Crippen molar-refractivity contribution >= 4 is 69.9 Å². The second-order valence-corrected chi connectivity index (χ2v) is 13.5. The van der Waals surface area contributed by atoms with Crippen molar-refractivity contribution in [1.29, 1.82) is 0 Å². The summed E-state index contributed by atoms with van der Waals surface area (Å²) in [7, 11) is -9.64. The third-order valence-electron chi connectivity index (χ3n) is 2.98. The van der Waals surface area contributed by atoms with Crippen molar-refractivity contribution in [3.8, 4) is 0 Å². The molecule has 0 unspecified atom stereocenters. The van der Waals surface area contributed by atoms with Crippen LogP contribution in [0.5, 0.6) is 0 Å². The van der Waals surface area contributed by atoms with E-state index in [9.17, 15) is 25.2 Å². The van der Waals surface area contributed by atoms with Gasteiger partial charge in [0.15, 0.2) is 15.9 Å². The van der Waals surface area contributed by atoms with E-state index < -0.39 is 25.6 Å². The van der Waals surface area contributed by atoms with Crippen LogP contribution in [-0.4, -0.2) is 0 Å². The quantitative estimate of drug-likeness (QED) is 0.195. The Kier molecular flexibility index (Phi) is 19.7. The molecule has 3 rings (SSSR count). The van der Waals surface area contributed by atoms with Gasteiger partial charge in [0.05, 0.1) is 0 Å². The van der Waals surface area contributed by atoms with E-state index in [-0.39, 0.29) is 15.9 Å². The van der Waals surface area contributed by atoms with Gasteiger partial charge in [0, 0.05) is 0 Å². The Morgan fingerprint density at radius 2 is 0.600 bits per heavy atom. The van der Waals surface area contributed by atoms with Crippen LogP contribution >= 0.6 is 54.0 Å². The van der Waals surface area contributed by atoms with E-state index in [2.05, 4.69) is 28.3 Å². The average Bonchev–Trinajstić information content (AvgIpc) is 2.77. The molecular formula is C18H18Br2CoF6P3+3. The first-order valence-electron chi connectivity index (χ1n) is 7.87. The van der Waals surface area contributed by atoms with E-state index in [1.165, 1.54) is 36.4 Å². The Bertz CT molecular complexity index is 656. The van der Waals surface area contributed by atoms with E-state index in [0.29, 0.717) is 0 Å². The number of hydrogen-bond donors (Lipinski definition) is 0. The molecule has 3 aromatic carbocycles. The molecule has 30 heavy (non-hydrogen) atoms. The standard InChI is InChI=1S/3C6H5F2P.2BrH.Co/c3*7-9(8)6-4-2-1-3-5-6;;;/h3*1-5H;2*1H;/q;;;;;+2/p+1. The summed E-state index contributed by atoms with van der Waals surface area (Å²) < 4.78 is 71.2. The summed E-state index contributed by atoms with van der Waals surface area (Å²) in [4.78, 5) is 0. The topological polar surface area (TPSA) is 0 Å². The van der Waals surface area contributed by atoms with Gasteiger partial charge in [-0.25, -0.2) is 0 Å². The van der Waals surface area contributed by atoms with E-state index >= 15 is 0 Å². The molecule has 0 saturated heterocycles.